The van der Waals surface area contributed by atoms with E-state index in [0.717, 1.165) is 6.42 Å². The Bertz CT molecular complexity index is 215. The van der Waals surface area contributed by atoms with Crippen LogP contribution < -0.4 is 11.1 Å². The van der Waals surface area contributed by atoms with Crippen LogP contribution in [0, 0.1) is 5.92 Å². The second kappa shape index (κ2) is 8.48. The zero-order chi connectivity index (χ0) is 12.5. The molecule has 1 unspecified atom stereocenters. The number of nitrogens with one attached hydrogen (secondary N) is 1. The Hall–Kier alpha value is -0.610. The SMILES string of the molecule is CC(CCN)C(=O)NCCOC1CCCCC1. The average molecular weight is 242 g/mol. The van der Waals surface area contributed by atoms with Crippen LogP contribution in [-0.2, 0) is 9.53 Å². The quantitative estimate of drug-likeness (QED) is 0.664. The van der Waals surface area contributed by atoms with Gasteiger partial charge >= 0.3 is 0 Å². The molecule has 1 fully saturated rings. The second-order valence-electron chi connectivity index (χ2n) is 4.90. The fourth-order valence-corrected chi connectivity index (χ4v) is 2.19. The van der Waals surface area contributed by atoms with E-state index in [0.29, 0.717) is 25.8 Å². The van der Waals surface area contributed by atoms with Crippen LogP contribution in [0.25, 0.3) is 0 Å². The number of carbonyl (C=O) groups excluding carboxylic acids is 1. The van der Waals surface area contributed by atoms with Crippen molar-refractivity contribution < 1.29 is 9.53 Å². The molecule has 1 atom stereocenters. The molecule has 1 rings (SSSR count). The first kappa shape index (κ1) is 14.5. The number of rotatable bonds is 7. The van der Waals surface area contributed by atoms with Gasteiger partial charge in [0.2, 0.25) is 5.91 Å². The van der Waals surface area contributed by atoms with Crippen molar-refractivity contribution in [2.45, 2.75) is 51.6 Å². The highest BCUT2D eigenvalue weighted by Gasteiger charge is 2.14. The van der Waals surface area contributed by atoms with Crippen molar-refractivity contribution in [2.24, 2.45) is 11.7 Å². The third kappa shape index (κ3) is 6.03. The average Bonchev–Trinajstić information content (AvgIpc) is 2.36. The molecule has 1 saturated carbocycles. The minimum atomic E-state index is 0.00896. The molecule has 1 aliphatic rings. The van der Waals surface area contributed by atoms with Gasteiger partial charge in [-0.2, -0.15) is 0 Å². The summed E-state index contributed by atoms with van der Waals surface area (Å²) in [5, 5.41) is 2.89. The molecule has 0 aromatic rings. The maximum absolute atomic E-state index is 11.6. The molecular weight excluding hydrogens is 216 g/mol. The maximum Gasteiger partial charge on any atom is 0.222 e. The first-order chi connectivity index (χ1) is 8.24. The molecular formula is C13H26N2O2. The lowest BCUT2D eigenvalue weighted by atomic mass is 9.98. The highest BCUT2D eigenvalue weighted by atomic mass is 16.5. The number of nitrogens with two attached hydrogens (primary N) is 1. The Labute approximate surface area is 104 Å². The zero-order valence-corrected chi connectivity index (χ0v) is 10.9. The smallest absolute Gasteiger partial charge is 0.222 e. The first-order valence-electron chi connectivity index (χ1n) is 6.83. The van der Waals surface area contributed by atoms with E-state index in [4.69, 9.17) is 10.5 Å². The van der Waals surface area contributed by atoms with Gasteiger partial charge in [-0.05, 0) is 25.8 Å². The molecule has 0 heterocycles. The van der Waals surface area contributed by atoms with E-state index in [-0.39, 0.29) is 11.8 Å². The van der Waals surface area contributed by atoms with E-state index in [1.807, 2.05) is 6.92 Å². The summed E-state index contributed by atoms with van der Waals surface area (Å²) in [6, 6.07) is 0. The van der Waals surface area contributed by atoms with E-state index >= 15 is 0 Å². The van der Waals surface area contributed by atoms with E-state index in [1.54, 1.807) is 0 Å². The van der Waals surface area contributed by atoms with Gasteiger partial charge in [-0.15, -0.1) is 0 Å². The van der Waals surface area contributed by atoms with E-state index in [1.165, 1.54) is 32.1 Å². The molecule has 0 spiro atoms. The number of carbonyl (C=O) groups is 1. The van der Waals surface area contributed by atoms with Crippen molar-refractivity contribution in [3.05, 3.63) is 0 Å². The normalized spacial score (nSPS) is 18.9. The van der Waals surface area contributed by atoms with Crippen LogP contribution in [-0.4, -0.2) is 31.7 Å². The first-order valence-corrected chi connectivity index (χ1v) is 6.83. The number of hydrogen-bond donors (Lipinski definition) is 2. The van der Waals surface area contributed by atoms with Crippen LogP contribution in [0.15, 0.2) is 0 Å². The largest absolute Gasteiger partial charge is 0.376 e. The molecule has 1 aliphatic carbocycles. The van der Waals surface area contributed by atoms with Crippen LogP contribution in [0.5, 0.6) is 0 Å². The van der Waals surface area contributed by atoms with E-state index in [2.05, 4.69) is 5.32 Å². The van der Waals surface area contributed by atoms with Crippen molar-refractivity contribution in [3.8, 4) is 0 Å². The highest BCUT2D eigenvalue weighted by Crippen LogP contribution is 2.19. The summed E-state index contributed by atoms with van der Waals surface area (Å²) in [6.07, 6.45) is 7.43. The minimum Gasteiger partial charge on any atom is -0.376 e. The predicted molar refractivity (Wildman–Crippen MR) is 68.7 cm³/mol. The van der Waals surface area contributed by atoms with E-state index < -0.39 is 0 Å². The highest BCUT2D eigenvalue weighted by molar-refractivity contribution is 5.78. The predicted octanol–water partition coefficient (Wildman–Crippen LogP) is 1.44. The Morgan fingerprint density at radius 2 is 2.12 bits per heavy atom. The van der Waals surface area contributed by atoms with Crippen molar-refractivity contribution in [1.82, 2.24) is 5.32 Å². The molecule has 0 saturated heterocycles. The molecule has 0 radical (unpaired) electrons. The van der Waals surface area contributed by atoms with E-state index in [9.17, 15) is 4.79 Å². The molecule has 4 nitrogen and oxygen atoms in total. The summed E-state index contributed by atoms with van der Waals surface area (Å²) in [5.41, 5.74) is 5.41. The van der Waals surface area contributed by atoms with Gasteiger partial charge in [0.1, 0.15) is 0 Å². The second-order valence-corrected chi connectivity index (χ2v) is 4.90. The van der Waals surface area contributed by atoms with Crippen molar-refractivity contribution >= 4 is 5.91 Å². The van der Waals surface area contributed by atoms with Crippen LogP contribution in [0.1, 0.15) is 45.4 Å². The lowest BCUT2D eigenvalue weighted by Gasteiger charge is -2.22. The maximum atomic E-state index is 11.6. The Morgan fingerprint density at radius 1 is 1.41 bits per heavy atom. The van der Waals surface area contributed by atoms with Gasteiger partial charge in [0.25, 0.3) is 0 Å². The van der Waals surface area contributed by atoms with Gasteiger partial charge in [-0.1, -0.05) is 26.2 Å². The summed E-state index contributed by atoms with van der Waals surface area (Å²) in [4.78, 5) is 11.6. The van der Waals surface area contributed by atoms with Crippen molar-refractivity contribution in [1.29, 1.82) is 0 Å². The summed E-state index contributed by atoms with van der Waals surface area (Å²) >= 11 is 0. The molecule has 100 valence electrons. The number of ether oxygens (including phenoxy) is 1. The fraction of sp³-hybridized carbons (Fsp3) is 0.923. The number of amides is 1. The number of hydrogen-bond acceptors (Lipinski definition) is 3. The van der Waals surface area contributed by atoms with Crippen molar-refractivity contribution in [2.75, 3.05) is 19.7 Å². The topological polar surface area (TPSA) is 64.4 Å². The standard InChI is InChI=1S/C13H26N2O2/c1-11(7-8-14)13(16)15-9-10-17-12-5-3-2-4-6-12/h11-12H,2-10,14H2,1H3,(H,15,16). The Morgan fingerprint density at radius 3 is 2.76 bits per heavy atom. The van der Waals surface area contributed by atoms with Gasteiger partial charge in [0, 0.05) is 12.5 Å². The van der Waals surface area contributed by atoms with Gasteiger partial charge in [-0.3, -0.25) is 4.79 Å². The fourth-order valence-electron chi connectivity index (χ4n) is 2.19. The molecule has 3 N–H and O–H groups in total. The Balaban J connectivity index is 2.01. The summed E-state index contributed by atoms with van der Waals surface area (Å²) < 4.78 is 5.73. The molecule has 1 amide bonds. The Kier molecular flexibility index (Phi) is 7.21. The lowest BCUT2D eigenvalue weighted by molar-refractivity contribution is -0.125. The third-order valence-electron chi connectivity index (χ3n) is 3.35. The molecule has 0 aromatic heterocycles. The van der Waals surface area contributed by atoms with Gasteiger partial charge in [0.15, 0.2) is 0 Å². The molecule has 0 bridgehead atoms. The van der Waals surface area contributed by atoms with Gasteiger partial charge in [0.05, 0.1) is 12.7 Å². The van der Waals surface area contributed by atoms with Gasteiger partial charge in [-0.25, -0.2) is 0 Å². The zero-order valence-electron chi connectivity index (χ0n) is 10.9. The van der Waals surface area contributed by atoms with Crippen LogP contribution in [0.3, 0.4) is 0 Å². The third-order valence-corrected chi connectivity index (χ3v) is 3.35. The molecule has 0 aliphatic heterocycles. The van der Waals surface area contributed by atoms with Crippen LogP contribution in [0.2, 0.25) is 0 Å². The van der Waals surface area contributed by atoms with Crippen molar-refractivity contribution in [3.63, 3.8) is 0 Å². The molecule has 4 heteroatoms. The molecule has 17 heavy (non-hydrogen) atoms. The summed E-state index contributed by atoms with van der Waals surface area (Å²) in [5.74, 6) is 0.0948. The van der Waals surface area contributed by atoms with Crippen LogP contribution >= 0.6 is 0 Å². The molecule has 0 aromatic carbocycles. The lowest BCUT2D eigenvalue weighted by Crippen LogP contribution is -2.33. The minimum absolute atomic E-state index is 0.00896. The summed E-state index contributed by atoms with van der Waals surface area (Å²) in [7, 11) is 0. The van der Waals surface area contributed by atoms with Gasteiger partial charge < -0.3 is 15.8 Å². The van der Waals surface area contributed by atoms with Crippen LogP contribution in [0.4, 0.5) is 0 Å². The monoisotopic (exact) mass is 242 g/mol. The summed E-state index contributed by atoms with van der Waals surface area (Å²) in [6.45, 7) is 3.72.